The summed E-state index contributed by atoms with van der Waals surface area (Å²) in [6, 6.07) is 2.43. The van der Waals surface area contributed by atoms with Gasteiger partial charge in [-0.25, -0.2) is 4.98 Å². The zero-order valence-corrected chi connectivity index (χ0v) is 11.6. The van der Waals surface area contributed by atoms with Gasteiger partial charge in [0.15, 0.2) is 0 Å². The molecule has 1 aromatic heterocycles. The molecule has 1 unspecified atom stereocenters. The minimum absolute atomic E-state index is 0.472. The maximum Gasteiger partial charge on any atom is 0.143 e. The Morgan fingerprint density at radius 1 is 1.53 bits per heavy atom. The van der Waals surface area contributed by atoms with Crippen LogP contribution in [0.3, 0.4) is 0 Å². The van der Waals surface area contributed by atoms with Crippen molar-refractivity contribution >= 4 is 33.2 Å². The quantitative estimate of drug-likeness (QED) is 0.835. The molecule has 0 saturated carbocycles. The Balaban J connectivity index is 2.75. The molecule has 1 heterocycles. The highest BCUT2D eigenvalue weighted by molar-refractivity contribution is 9.10. The Morgan fingerprint density at radius 3 is 2.67 bits per heavy atom. The van der Waals surface area contributed by atoms with E-state index in [1.54, 1.807) is 6.20 Å². The predicted molar refractivity (Wildman–Crippen MR) is 69.5 cm³/mol. The first-order valence-electron chi connectivity index (χ1n) is 5.12. The average Bonchev–Trinajstić information content (AvgIpc) is 2.19. The molecule has 15 heavy (non-hydrogen) atoms. The van der Waals surface area contributed by atoms with Gasteiger partial charge in [0.05, 0.1) is 16.4 Å². The minimum Gasteiger partial charge on any atom is -0.381 e. The number of hydrogen-bond donors (Lipinski definition) is 1. The Kier molecular flexibility index (Phi) is 4.87. The van der Waals surface area contributed by atoms with E-state index in [1.807, 2.05) is 6.07 Å². The second-order valence-corrected chi connectivity index (χ2v) is 5.11. The van der Waals surface area contributed by atoms with Crippen LogP contribution in [0.1, 0.15) is 27.2 Å². The summed E-state index contributed by atoms with van der Waals surface area (Å²) in [6.45, 7) is 6.59. The van der Waals surface area contributed by atoms with Crippen LogP contribution in [0.4, 0.5) is 5.69 Å². The number of rotatable bonds is 4. The molecule has 2 nitrogen and oxygen atoms in total. The van der Waals surface area contributed by atoms with Crippen molar-refractivity contribution in [3.05, 3.63) is 21.9 Å². The van der Waals surface area contributed by atoms with Crippen LogP contribution in [0.2, 0.25) is 5.15 Å². The van der Waals surface area contributed by atoms with Crippen molar-refractivity contribution in [3.8, 4) is 0 Å². The first-order chi connectivity index (χ1) is 7.04. The Labute approximate surface area is 105 Å². The smallest absolute Gasteiger partial charge is 0.143 e. The number of nitrogens with one attached hydrogen (secondary N) is 1. The molecule has 1 rings (SSSR count). The molecule has 0 amide bonds. The van der Waals surface area contributed by atoms with E-state index < -0.39 is 0 Å². The van der Waals surface area contributed by atoms with Crippen molar-refractivity contribution < 1.29 is 0 Å². The predicted octanol–water partition coefficient (Wildman–Crippen LogP) is 4.34. The topological polar surface area (TPSA) is 24.9 Å². The summed E-state index contributed by atoms with van der Waals surface area (Å²) in [5, 5.41) is 3.94. The molecule has 0 fully saturated rings. The molecule has 0 aromatic carbocycles. The van der Waals surface area contributed by atoms with Gasteiger partial charge in [0, 0.05) is 6.04 Å². The normalized spacial score (nSPS) is 12.9. The number of aromatic nitrogens is 1. The number of nitrogens with zero attached hydrogens (tertiary/aromatic N) is 1. The SMILES string of the molecule is CCC(Nc1cnc(Cl)c(Br)c1)C(C)C. The van der Waals surface area contributed by atoms with Crippen LogP contribution in [0, 0.1) is 5.92 Å². The summed E-state index contributed by atoms with van der Waals surface area (Å²) in [7, 11) is 0. The molecule has 1 aromatic rings. The fourth-order valence-electron chi connectivity index (χ4n) is 1.45. The lowest BCUT2D eigenvalue weighted by molar-refractivity contribution is 0.511. The average molecular weight is 292 g/mol. The Bertz CT molecular complexity index is 328. The Hall–Kier alpha value is -0.280. The van der Waals surface area contributed by atoms with Gasteiger partial charge in [-0.15, -0.1) is 0 Å². The highest BCUT2D eigenvalue weighted by atomic mass is 79.9. The molecule has 0 bridgehead atoms. The van der Waals surface area contributed by atoms with Crippen LogP contribution in [-0.2, 0) is 0 Å². The number of hydrogen-bond acceptors (Lipinski definition) is 2. The van der Waals surface area contributed by atoms with Crippen LogP contribution >= 0.6 is 27.5 Å². The fraction of sp³-hybridized carbons (Fsp3) is 0.545. The zero-order chi connectivity index (χ0) is 11.4. The van der Waals surface area contributed by atoms with Crippen molar-refractivity contribution in [2.24, 2.45) is 5.92 Å². The first kappa shape index (κ1) is 12.8. The minimum atomic E-state index is 0.472. The van der Waals surface area contributed by atoms with E-state index in [2.05, 4.69) is 47.0 Å². The van der Waals surface area contributed by atoms with Gasteiger partial charge < -0.3 is 5.32 Å². The summed E-state index contributed by atoms with van der Waals surface area (Å²) in [6.07, 6.45) is 2.86. The number of pyridine rings is 1. The van der Waals surface area contributed by atoms with E-state index in [0.29, 0.717) is 17.1 Å². The lowest BCUT2D eigenvalue weighted by atomic mass is 10.0. The molecule has 0 aliphatic heterocycles. The standard InChI is InChI=1S/C11H16BrClN2/c1-4-10(7(2)3)15-8-5-9(12)11(13)14-6-8/h5-7,10,15H,4H2,1-3H3. The fourth-order valence-corrected chi connectivity index (χ4v) is 1.91. The van der Waals surface area contributed by atoms with E-state index in [9.17, 15) is 0 Å². The van der Waals surface area contributed by atoms with Crippen molar-refractivity contribution in [1.82, 2.24) is 4.98 Å². The summed E-state index contributed by atoms with van der Waals surface area (Å²) in [5.41, 5.74) is 1.01. The van der Waals surface area contributed by atoms with Crippen LogP contribution < -0.4 is 5.32 Å². The zero-order valence-electron chi connectivity index (χ0n) is 9.22. The molecule has 0 aliphatic carbocycles. The molecule has 84 valence electrons. The van der Waals surface area contributed by atoms with Crippen LogP contribution in [0.15, 0.2) is 16.7 Å². The van der Waals surface area contributed by atoms with Crippen LogP contribution in [0.5, 0.6) is 0 Å². The summed E-state index contributed by atoms with van der Waals surface area (Å²) in [5.74, 6) is 0.601. The van der Waals surface area contributed by atoms with E-state index in [0.717, 1.165) is 16.6 Å². The summed E-state index contributed by atoms with van der Waals surface area (Å²) in [4.78, 5) is 4.08. The van der Waals surface area contributed by atoms with Gasteiger partial charge in [0.25, 0.3) is 0 Å². The third kappa shape index (κ3) is 3.65. The van der Waals surface area contributed by atoms with Crippen LogP contribution in [-0.4, -0.2) is 11.0 Å². The molecule has 0 aliphatic rings. The molecule has 0 saturated heterocycles. The monoisotopic (exact) mass is 290 g/mol. The third-order valence-electron chi connectivity index (χ3n) is 2.39. The van der Waals surface area contributed by atoms with Crippen molar-refractivity contribution in [1.29, 1.82) is 0 Å². The summed E-state index contributed by atoms with van der Waals surface area (Å²) >= 11 is 9.19. The maximum absolute atomic E-state index is 5.83. The largest absolute Gasteiger partial charge is 0.381 e. The lowest BCUT2D eigenvalue weighted by Crippen LogP contribution is -2.24. The van der Waals surface area contributed by atoms with Crippen molar-refractivity contribution in [2.45, 2.75) is 33.2 Å². The van der Waals surface area contributed by atoms with Gasteiger partial charge in [-0.05, 0) is 34.3 Å². The van der Waals surface area contributed by atoms with Crippen molar-refractivity contribution in [3.63, 3.8) is 0 Å². The molecular formula is C11H16BrClN2. The van der Waals surface area contributed by atoms with Gasteiger partial charge in [-0.3, -0.25) is 0 Å². The molecular weight excluding hydrogens is 275 g/mol. The van der Waals surface area contributed by atoms with Gasteiger partial charge >= 0.3 is 0 Å². The second kappa shape index (κ2) is 5.71. The van der Waals surface area contributed by atoms with Gasteiger partial charge in [-0.2, -0.15) is 0 Å². The van der Waals surface area contributed by atoms with E-state index in [1.165, 1.54) is 0 Å². The maximum atomic E-state index is 5.83. The van der Waals surface area contributed by atoms with Gasteiger partial charge in [0.2, 0.25) is 0 Å². The van der Waals surface area contributed by atoms with E-state index >= 15 is 0 Å². The van der Waals surface area contributed by atoms with Crippen molar-refractivity contribution in [2.75, 3.05) is 5.32 Å². The number of halogens is 2. The summed E-state index contributed by atoms with van der Waals surface area (Å²) < 4.78 is 0.827. The molecule has 4 heteroatoms. The van der Waals surface area contributed by atoms with Gasteiger partial charge in [0.1, 0.15) is 5.15 Å². The van der Waals surface area contributed by atoms with E-state index in [4.69, 9.17) is 11.6 Å². The highest BCUT2D eigenvalue weighted by Crippen LogP contribution is 2.24. The third-order valence-corrected chi connectivity index (χ3v) is 3.53. The molecule has 0 radical (unpaired) electrons. The highest BCUT2D eigenvalue weighted by Gasteiger charge is 2.11. The number of anilines is 1. The van der Waals surface area contributed by atoms with Gasteiger partial charge in [-0.1, -0.05) is 32.4 Å². The van der Waals surface area contributed by atoms with Crippen LogP contribution in [0.25, 0.3) is 0 Å². The second-order valence-electron chi connectivity index (χ2n) is 3.90. The van der Waals surface area contributed by atoms with E-state index in [-0.39, 0.29) is 0 Å². The Morgan fingerprint density at radius 2 is 2.20 bits per heavy atom. The molecule has 0 spiro atoms. The lowest BCUT2D eigenvalue weighted by Gasteiger charge is -2.21. The molecule has 1 N–H and O–H groups in total. The first-order valence-corrected chi connectivity index (χ1v) is 6.29. The molecule has 1 atom stereocenters.